The highest BCUT2D eigenvalue weighted by atomic mass is 35.5. The highest BCUT2D eigenvalue weighted by Gasteiger charge is 2.33. The Balaban J connectivity index is 1.38. The molecular formula is C27H18ClNO2S2. The Morgan fingerprint density at radius 1 is 0.909 bits per heavy atom. The van der Waals surface area contributed by atoms with E-state index in [1.54, 1.807) is 18.2 Å². The Hall–Kier alpha value is -3.12. The minimum atomic E-state index is -0.170. The summed E-state index contributed by atoms with van der Waals surface area (Å²) in [4.78, 5) is 15.2. The number of hydrogen-bond donors (Lipinski definition) is 0. The van der Waals surface area contributed by atoms with Gasteiger partial charge < -0.3 is 4.74 Å². The average Bonchev–Trinajstić information content (AvgIpc) is 3.11. The van der Waals surface area contributed by atoms with Gasteiger partial charge in [0.2, 0.25) is 0 Å². The van der Waals surface area contributed by atoms with E-state index in [1.165, 1.54) is 27.4 Å². The molecule has 33 heavy (non-hydrogen) atoms. The number of carbonyl (C=O) groups is 1. The molecule has 0 atom stereocenters. The number of fused-ring (bicyclic) bond motifs is 1. The lowest BCUT2D eigenvalue weighted by molar-refractivity contribution is -0.113. The number of nitrogens with zero attached hydrogens (tertiary/aromatic N) is 1. The van der Waals surface area contributed by atoms with Crippen LogP contribution in [-0.4, -0.2) is 10.2 Å². The zero-order valence-corrected chi connectivity index (χ0v) is 19.8. The second-order valence-corrected chi connectivity index (χ2v) is 9.62. The molecule has 1 amide bonds. The average molecular weight is 488 g/mol. The first-order chi connectivity index (χ1) is 16.1. The number of benzene rings is 4. The van der Waals surface area contributed by atoms with Crippen LogP contribution in [0.2, 0.25) is 5.02 Å². The van der Waals surface area contributed by atoms with Crippen LogP contribution >= 0.6 is 35.6 Å². The first-order valence-corrected chi connectivity index (χ1v) is 11.9. The third-order valence-corrected chi connectivity index (χ3v) is 6.81. The molecule has 0 N–H and O–H groups in total. The van der Waals surface area contributed by atoms with Crippen LogP contribution in [0.4, 0.5) is 5.69 Å². The maximum absolute atomic E-state index is 13.1. The Morgan fingerprint density at radius 3 is 2.55 bits per heavy atom. The summed E-state index contributed by atoms with van der Waals surface area (Å²) in [5.74, 6) is 0.537. The number of amides is 1. The minimum absolute atomic E-state index is 0.170. The summed E-state index contributed by atoms with van der Waals surface area (Å²) in [6.07, 6.45) is 1.83. The molecule has 1 aliphatic heterocycles. The molecule has 0 unspecified atom stereocenters. The molecule has 162 valence electrons. The van der Waals surface area contributed by atoms with Crippen LogP contribution in [0.15, 0.2) is 95.9 Å². The highest BCUT2D eigenvalue weighted by Crippen LogP contribution is 2.37. The van der Waals surface area contributed by atoms with Crippen LogP contribution in [0.1, 0.15) is 11.1 Å². The van der Waals surface area contributed by atoms with E-state index in [0.29, 0.717) is 32.3 Å². The van der Waals surface area contributed by atoms with Crippen LogP contribution < -0.4 is 9.64 Å². The molecule has 0 spiro atoms. The van der Waals surface area contributed by atoms with E-state index >= 15 is 0 Å². The van der Waals surface area contributed by atoms with Crippen molar-refractivity contribution in [3.05, 3.63) is 112 Å². The van der Waals surface area contributed by atoms with Crippen molar-refractivity contribution in [2.45, 2.75) is 6.61 Å². The third kappa shape index (κ3) is 4.67. The van der Waals surface area contributed by atoms with Crippen LogP contribution in [0, 0.1) is 0 Å². The van der Waals surface area contributed by atoms with Gasteiger partial charge >= 0.3 is 0 Å². The van der Waals surface area contributed by atoms with Crippen molar-refractivity contribution in [2.75, 3.05) is 4.90 Å². The number of anilines is 1. The lowest BCUT2D eigenvalue weighted by Gasteiger charge is -2.14. The lowest BCUT2D eigenvalue weighted by atomic mass is 10.1. The normalized spacial score (nSPS) is 14.9. The highest BCUT2D eigenvalue weighted by molar-refractivity contribution is 8.27. The molecule has 6 heteroatoms. The predicted molar refractivity (Wildman–Crippen MR) is 142 cm³/mol. The summed E-state index contributed by atoms with van der Waals surface area (Å²) in [7, 11) is 0. The van der Waals surface area contributed by atoms with E-state index in [1.807, 2.05) is 48.5 Å². The maximum Gasteiger partial charge on any atom is 0.270 e. The minimum Gasteiger partial charge on any atom is -0.488 e. The molecule has 4 aromatic carbocycles. The second kappa shape index (κ2) is 9.40. The first kappa shape index (κ1) is 21.7. The molecule has 0 aliphatic carbocycles. The van der Waals surface area contributed by atoms with E-state index < -0.39 is 0 Å². The molecule has 3 nitrogen and oxygen atoms in total. The van der Waals surface area contributed by atoms with Gasteiger partial charge in [-0.2, -0.15) is 0 Å². The van der Waals surface area contributed by atoms with Gasteiger partial charge in [-0.15, -0.1) is 0 Å². The molecule has 0 aromatic heterocycles. The van der Waals surface area contributed by atoms with Gasteiger partial charge in [-0.1, -0.05) is 96.2 Å². The molecule has 1 heterocycles. The van der Waals surface area contributed by atoms with Crippen LogP contribution in [0.5, 0.6) is 5.75 Å². The summed E-state index contributed by atoms with van der Waals surface area (Å²) in [5, 5.41) is 2.93. The number of para-hydroxylation sites is 1. The third-order valence-electron chi connectivity index (χ3n) is 5.27. The van der Waals surface area contributed by atoms with Crippen LogP contribution in [-0.2, 0) is 11.4 Å². The van der Waals surface area contributed by atoms with Gasteiger partial charge in [0.25, 0.3) is 5.91 Å². The molecule has 0 saturated carbocycles. The van der Waals surface area contributed by atoms with E-state index in [2.05, 4.69) is 30.3 Å². The number of thioether (sulfide) groups is 1. The second-order valence-electron chi connectivity index (χ2n) is 7.50. The summed E-state index contributed by atoms with van der Waals surface area (Å²) in [6.45, 7) is 0.430. The number of halogens is 1. The van der Waals surface area contributed by atoms with Crippen LogP contribution in [0.25, 0.3) is 16.8 Å². The fraction of sp³-hybridized carbons (Fsp3) is 0.0370. The molecule has 0 radical (unpaired) electrons. The number of hydrogen-bond acceptors (Lipinski definition) is 4. The van der Waals surface area contributed by atoms with Crippen molar-refractivity contribution in [3.8, 4) is 5.75 Å². The van der Waals surface area contributed by atoms with Crippen molar-refractivity contribution in [3.63, 3.8) is 0 Å². The quantitative estimate of drug-likeness (QED) is 0.215. The van der Waals surface area contributed by atoms with E-state index in [0.717, 1.165) is 11.1 Å². The van der Waals surface area contributed by atoms with E-state index in [9.17, 15) is 4.79 Å². The molecule has 5 rings (SSSR count). The standard InChI is InChI=1S/C27H18ClNO2S2/c28-22-9-5-10-23(16-22)29-26(30)25(33-27(29)32)15-21-8-3-4-11-24(21)31-17-18-12-13-19-6-1-2-7-20(19)14-18/h1-16H,17H2/b25-15+. The molecule has 4 aromatic rings. The predicted octanol–water partition coefficient (Wildman–Crippen LogP) is 7.48. The SMILES string of the molecule is O=C1/C(=C\c2ccccc2OCc2ccc3ccccc3c2)SC(=S)N1c1cccc(Cl)c1. The Morgan fingerprint density at radius 2 is 1.70 bits per heavy atom. The van der Waals surface area contributed by atoms with Gasteiger partial charge in [0.1, 0.15) is 12.4 Å². The first-order valence-electron chi connectivity index (χ1n) is 10.3. The Kier molecular flexibility index (Phi) is 6.18. The van der Waals surface area contributed by atoms with E-state index in [-0.39, 0.29) is 5.91 Å². The van der Waals surface area contributed by atoms with Crippen molar-refractivity contribution < 1.29 is 9.53 Å². The van der Waals surface area contributed by atoms with Gasteiger partial charge in [-0.05, 0) is 52.7 Å². The molecule has 1 aliphatic rings. The smallest absolute Gasteiger partial charge is 0.270 e. The van der Waals surface area contributed by atoms with Crippen molar-refractivity contribution in [1.82, 2.24) is 0 Å². The number of ether oxygens (including phenoxy) is 1. The maximum atomic E-state index is 13.1. The fourth-order valence-corrected chi connectivity index (χ4v) is 5.14. The number of rotatable bonds is 5. The summed E-state index contributed by atoms with van der Waals surface area (Å²) in [5.41, 5.74) is 2.56. The lowest BCUT2D eigenvalue weighted by Crippen LogP contribution is -2.27. The number of carbonyl (C=O) groups excluding carboxylic acids is 1. The zero-order chi connectivity index (χ0) is 22.8. The summed E-state index contributed by atoms with van der Waals surface area (Å²) < 4.78 is 6.62. The van der Waals surface area contributed by atoms with Gasteiger partial charge in [-0.25, -0.2) is 0 Å². The summed E-state index contributed by atoms with van der Waals surface area (Å²) in [6, 6.07) is 29.3. The Bertz CT molecular complexity index is 1420. The van der Waals surface area contributed by atoms with Crippen LogP contribution in [0.3, 0.4) is 0 Å². The van der Waals surface area contributed by atoms with Crippen molar-refractivity contribution in [1.29, 1.82) is 0 Å². The zero-order valence-electron chi connectivity index (χ0n) is 17.4. The molecule has 1 fully saturated rings. The molecule has 0 bridgehead atoms. The van der Waals surface area contributed by atoms with E-state index in [4.69, 9.17) is 28.6 Å². The topological polar surface area (TPSA) is 29.5 Å². The fourth-order valence-electron chi connectivity index (χ4n) is 3.67. The van der Waals surface area contributed by atoms with Gasteiger partial charge in [0.05, 0.1) is 10.6 Å². The molecule has 1 saturated heterocycles. The number of thiocarbonyl (C=S) groups is 1. The van der Waals surface area contributed by atoms with Gasteiger partial charge in [0, 0.05) is 10.6 Å². The Labute approximate surface area is 206 Å². The van der Waals surface area contributed by atoms with Gasteiger partial charge in [-0.3, -0.25) is 9.69 Å². The largest absolute Gasteiger partial charge is 0.488 e. The molecular weight excluding hydrogens is 470 g/mol. The summed E-state index contributed by atoms with van der Waals surface area (Å²) >= 11 is 12.9. The van der Waals surface area contributed by atoms with Crippen molar-refractivity contribution in [2.24, 2.45) is 0 Å². The van der Waals surface area contributed by atoms with Gasteiger partial charge in [0.15, 0.2) is 4.32 Å². The van der Waals surface area contributed by atoms with Crippen molar-refractivity contribution >= 4 is 68.3 Å². The monoisotopic (exact) mass is 487 g/mol.